The Kier molecular flexibility index (Phi) is 4.58. The van der Waals surface area contributed by atoms with E-state index in [9.17, 15) is 13.2 Å². The molecule has 0 bridgehead atoms. The maximum absolute atomic E-state index is 12.2. The van der Waals surface area contributed by atoms with E-state index < -0.39 is 15.7 Å². The summed E-state index contributed by atoms with van der Waals surface area (Å²) in [6.45, 7) is 3.98. The molecular weight excluding hydrogens is 326 g/mol. The van der Waals surface area contributed by atoms with E-state index in [1.54, 1.807) is 6.07 Å². The van der Waals surface area contributed by atoms with Gasteiger partial charge in [0.1, 0.15) is 0 Å². The quantitative estimate of drug-likeness (QED) is 0.894. The van der Waals surface area contributed by atoms with Crippen molar-refractivity contribution < 1.29 is 13.2 Å². The van der Waals surface area contributed by atoms with Crippen LogP contribution in [-0.4, -0.2) is 30.8 Å². The molecule has 0 unspecified atom stereocenters. The lowest BCUT2D eigenvalue weighted by atomic mass is 10.1. The number of sulfone groups is 1. The highest BCUT2D eigenvalue weighted by atomic mass is 35.5. The van der Waals surface area contributed by atoms with Gasteiger partial charge in [-0.3, -0.25) is 9.89 Å². The number of carbonyl (C=O) groups excluding carboxylic acids is 1. The van der Waals surface area contributed by atoms with E-state index in [1.807, 2.05) is 13.8 Å². The molecule has 1 aromatic carbocycles. The Hall–Kier alpha value is -1.86. The summed E-state index contributed by atoms with van der Waals surface area (Å²) in [5, 5.41) is 9.57. The van der Waals surface area contributed by atoms with Crippen LogP contribution in [0.1, 0.15) is 35.8 Å². The number of nitrogens with one attached hydrogen (secondary N) is 2. The number of carbonyl (C=O) groups is 1. The number of benzene rings is 1. The average molecular weight is 342 g/mol. The molecule has 1 heterocycles. The van der Waals surface area contributed by atoms with Crippen molar-refractivity contribution in [2.45, 2.75) is 24.7 Å². The first-order chi connectivity index (χ1) is 10.2. The molecule has 1 amide bonds. The second kappa shape index (κ2) is 6.10. The predicted octanol–water partition coefficient (Wildman–Crippen LogP) is 2.84. The van der Waals surface area contributed by atoms with E-state index >= 15 is 0 Å². The minimum absolute atomic E-state index is 0.0342. The molecule has 0 saturated carbocycles. The van der Waals surface area contributed by atoms with Crippen LogP contribution in [0, 0.1) is 0 Å². The largest absolute Gasteiger partial charge is 0.305 e. The molecule has 1 aromatic heterocycles. The summed E-state index contributed by atoms with van der Waals surface area (Å²) >= 11 is 5.98. The van der Waals surface area contributed by atoms with Gasteiger partial charge in [0, 0.05) is 18.0 Å². The molecule has 0 fully saturated rings. The lowest BCUT2D eigenvalue weighted by molar-refractivity contribution is 0.102. The van der Waals surface area contributed by atoms with Crippen LogP contribution >= 0.6 is 11.6 Å². The molecule has 2 N–H and O–H groups in total. The summed E-state index contributed by atoms with van der Waals surface area (Å²) in [6.07, 6.45) is 1.07. The van der Waals surface area contributed by atoms with Gasteiger partial charge in [-0.2, -0.15) is 5.10 Å². The van der Waals surface area contributed by atoms with E-state index in [-0.39, 0.29) is 21.4 Å². The van der Waals surface area contributed by atoms with Gasteiger partial charge in [0.2, 0.25) is 0 Å². The molecule has 0 atom stereocenters. The van der Waals surface area contributed by atoms with Crippen molar-refractivity contribution >= 4 is 33.2 Å². The number of halogens is 1. The van der Waals surface area contributed by atoms with Crippen LogP contribution in [0.15, 0.2) is 29.2 Å². The maximum Gasteiger partial charge on any atom is 0.258 e. The van der Waals surface area contributed by atoms with Crippen LogP contribution in [0.4, 0.5) is 5.82 Å². The number of rotatable bonds is 4. The van der Waals surface area contributed by atoms with Gasteiger partial charge < -0.3 is 5.32 Å². The third-order valence-corrected chi connectivity index (χ3v) is 4.51. The minimum atomic E-state index is -3.42. The van der Waals surface area contributed by atoms with Crippen molar-refractivity contribution in [2.75, 3.05) is 11.6 Å². The third kappa shape index (κ3) is 3.66. The number of anilines is 1. The van der Waals surface area contributed by atoms with Crippen molar-refractivity contribution in [2.24, 2.45) is 0 Å². The fourth-order valence-corrected chi connectivity index (χ4v) is 2.64. The molecule has 0 saturated heterocycles. The van der Waals surface area contributed by atoms with Crippen LogP contribution in [0.25, 0.3) is 0 Å². The zero-order valence-electron chi connectivity index (χ0n) is 12.3. The summed E-state index contributed by atoms with van der Waals surface area (Å²) in [7, 11) is -3.42. The van der Waals surface area contributed by atoms with Crippen molar-refractivity contribution in [3.05, 3.63) is 40.5 Å². The first kappa shape index (κ1) is 16.5. The van der Waals surface area contributed by atoms with Crippen LogP contribution in [0.3, 0.4) is 0 Å². The van der Waals surface area contributed by atoms with Crippen molar-refractivity contribution in [3.8, 4) is 0 Å². The number of H-pyrrole nitrogens is 1. The lowest BCUT2D eigenvalue weighted by Gasteiger charge is -2.06. The molecule has 2 aromatic rings. The Labute approximate surface area is 133 Å². The Morgan fingerprint density at radius 2 is 2.00 bits per heavy atom. The Bertz CT molecular complexity index is 812. The molecule has 2 rings (SSSR count). The van der Waals surface area contributed by atoms with E-state index in [1.165, 1.54) is 18.2 Å². The predicted molar refractivity (Wildman–Crippen MR) is 85.2 cm³/mol. The van der Waals surface area contributed by atoms with Gasteiger partial charge in [0.15, 0.2) is 15.7 Å². The molecule has 0 spiro atoms. The topological polar surface area (TPSA) is 91.9 Å². The van der Waals surface area contributed by atoms with Gasteiger partial charge in [-0.05, 0) is 24.1 Å². The molecule has 8 heteroatoms. The second-order valence-electron chi connectivity index (χ2n) is 5.23. The lowest BCUT2D eigenvalue weighted by Crippen LogP contribution is -2.13. The monoisotopic (exact) mass is 341 g/mol. The van der Waals surface area contributed by atoms with Crippen molar-refractivity contribution in [1.29, 1.82) is 0 Å². The van der Waals surface area contributed by atoms with E-state index in [0.29, 0.717) is 5.82 Å². The Balaban J connectivity index is 2.29. The number of amides is 1. The van der Waals surface area contributed by atoms with Gasteiger partial charge >= 0.3 is 0 Å². The van der Waals surface area contributed by atoms with Gasteiger partial charge in [-0.1, -0.05) is 25.4 Å². The van der Waals surface area contributed by atoms with Crippen LogP contribution in [-0.2, 0) is 9.84 Å². The van der Waals surface area contributed by atoms with Crippen molar-refractivity contribution in [1.82, 2.24) is 10.2 Å². The number of aromatic nitrogens is 2. The standard InChI is InChI=1S/C14H16ClN3O3S/c1-8(2)12-7-13(18-17-12)16-14(19)10-6-9(22(3,20)21)4-5-11(10)15/h4-8H,1-3H3,(H2,16,17,18,19). The van der Waals surface area contributed by atoms with E-state index in [2.05, 4.69) is 15.5 Å². The van der Waals surface area contributed by atoms with Gasteiger partial charge in [0.25, 0.3) is 5.91 Å². The molecule has 0 aliphatic rings. The molecule has 118 valence electrons. The summed E-state index contributed by atoms with van der Waals surface area (Å²) in [6, 6.07) is 5.72. The van der Waals surface area contributed by atoms with Crippen molar-refractivity contribution in [3.63, 3.8) is 0 Å². The van der Waals surface area contributed by atoms with Gasteiger partial charge in [0.05, 0.1) is 15.5 Å². The average Bonchev–Trinajstić information content (AvgIpc) is 2.86. The Morgan fingerprint density at radius 3 is 2.55 bits per heavy atom. The normalized spacial score (nSPS) is 11.7. The highest BCUT2D eigenvalue weighted by Crippen LogP contribution is 2.22. The summed E-state index contributed by atoms with van der Waals surface area (Å²) in [4.78, 5) is 12.3. The molecule has 0 radical (unpaired) electrons. The zero-order valence-corrected chi connectivity index (χ0v) is 13.9. The highest BCUT2D eigenvalue weighted by molar-refractivity contribution is 7.90. The maximum atomic E-state index is 12.2. The molecule has 0 aliphatic heterocycles. The highest BCUT2D eigenvalue weighted by Gasteiger charge is 2.16. The second-order valence-corrected chi connectivity index (χ2v) is 7.65. The summed E-state index contributed by atoms with van der Waals surface area (Å²) in [5.74, 6) is 0.0853. The molecule has 0 aliphatic carbocycles. The number of hydrogen-bond acceptors (Lipinski definition) is 4. The number of nitrogens with zero attached hydrogens (tertiary/aromatic N) is 1. The number of aromatic amines is 1. The number of hydrogen-bond donors (Lipinski definition) is 2. The van der Waals surface area contributed by atoms with Gasteiger partial charge in [-0.15, -0.1) is 0 Å². The zero-order chi connectivity index (χ0) is 16.5. The minimum Gasteiger partial charge on any atom is -0.305 e. The van der Waals surface area contributed by atoms with Crippen LogP contribution in [0.2, 0.25) is 5.02 Å². The molecule has 22 heavy (non-hydrogen) atoms. The fourth-order valence-electron chi connectivity index (χ4n) is 1.79. The van der Waals surface area contributed by atoms with Gasteiger partial charge in [-0.25, -0.2) is 8.42 Å². The van der Waals surface area contributed by atoms with Crippen LogP contribution in [0.5, 0.6) is 0 Å². The smallest absolute Gasteiger partial charge is 0.258 e. The molecular formula is C14H16ClN3O3S. The SMILES string of the molecule is CC(C)c1cc(NC(=O)c2cc(S(C)(=O)=O)ccc2Cl)n[nH]1. The summed E-state index contributed by atoms with van der Waals surface area (Å²) in [5.41, 5.74) is 0.963. The first-order valence-corrected chi connectivity index (χ1v) is 8.81. The third-order valence-electron chi connectivity index (χ3n) is 3.07. The van der Waals surface area contributed by atoms with E-state index in [4.69, 9.17) is 11.6 Å². The van der Waals surface area contributed by atoms with E-state index in [0.717, 1.165) is 11.9 Å². The molecule has 6 nitrogen and oxygen atoms in total. The fraction of sp³-hybridized carbons (Fsp3) is 0.286. The first-order valence-electron chi connectivity index (χ1n) is 6.54. The Morgan fingerprint density at radius 1 is 1.32 bits per heavy atom. The summed E-state index contributed by atoms with van der Waals surface area (Å²) < 4.78 is 23.1. The van der Waals surface area contributed by atoms with Crippen LogP contribution < -0.4 is 5.32 Å².